The molecule has 1 N–H and O–H groups in total. The molecule has 150 valence electrons. The van der Waals surface area contributed by atoms with Gasteiger partial charge in [-0.15, -0.1) is 0 Å². The minimum Gasteiger partial charge on any atom is -0.381 e. The first-order valence-corrected chi connectivity index (χ1v) is 10.4. The molecule has 0 radical (unpaired) electrons. The summed E-state index contributed by atoms with van der Waals surface area (Å²) in [5.41, 5.74) is 1.81. The molecule has 4 rings (SSSR count). The van der Waals surface area contributed by atoms with Crippen molar-refractivity contribution in [1.82, 2.24) is 15.5 Å². The Bertz CT molecular complexity index is 824. The molecule has 1 aromatic carbocycles. The van der Waals surface area contributed by atoms with Gasteiger partial charge in [-0.05, 0) is 30.4 Å². The molecule has 1 fully saturated rings. The highest BCUT2D eigenvalue weighted by Gasteiger charge is 2.43. The van der Waals surface area contributed by atoms with Crippen molar-refractivity contribution in [2.75, 3.05) is 13.2 Å². The van der Waals surface area contributed by atoms with Gasteiger partial charge in [0.2, 0.25) is 5.91 Å². The van der Waals surface area contributed by atoms with E-state index in [9.17, 15) is 4.79 Å². The van der Waals surface area contributed by atoms with Crippen LogP contribution in [-0.2, 0) is 21.5 Å². The Morgan fingerprint density at radius 2 is 2.00 bits per heavy atom. The van der Waals surface area contributed by atoms with E-state index in [0.29, 0.717) is 37.8 Å². The van der Waals surface area contributed by atoms with Gasteiger partial charge in [0.1, 0.15) is 5.54 Å². The van der Waals surface area contributed by atoms with E-state index in [0.717, 1.165) is 31.2 Å². The number of carbonyl (C=O) groups excluding carboxylic acids is 1. The van der Waals surface area contributed by atoms with Crippen molar-refractivity contribution in [2.24, 2.45) is 0 Å². The lowest BCUT2D eigenvalue weighted by Crippen LogP contribution is -2.51. The number of amides is 1. The standard InChI is InChI=1S/C22H29N3O3/c1-15(2)19-23-21(28-25-19)22(11-13-27-14-12-22)24-20(26)18-10-6-4-8-16-7-3-5-9-17(16)18/h3,5,7,9,15,18H,4,6,8,10-14H2,1-2H3,(H,24,26). The fourth-order valence-corrected chi connectivity index (χ4v) is 4.29. The van der Waals surface area contributed by atoms with E-state index in [1.807, 2.05) is 19.9 Å². The smallest absolute Gasteiger partial charge is 0.252 e. The van der Waals surface area contributed by atoms with Gasteiger partial charge >= 0.3 is 0 Å². The minimum atomic E-state index is -0.642. The molecule has 0 spiro atoms. The SMILES string of the molecule is CC(C)c1noc(C2(NC(=O)C3CCCCc4ccccc43)CCOCC2)n1. The molecule has 6 heteroatoms. The molecule has 28 heavy (non-hydrogen) atoms. The van der Waals surface area contributed by atoms with Crippen LogP contribution in [0.15, 0.2) is 28.8 Å². The molecule has 1 aromatic heterocycles. The first-order chi connectivity index (χ1) is 13.6. The summed E-state index contributed by atoms with van der Waals surface area (Å²) in [5, 5.41) is 7.45. The summed E-state index contributed by atoms with van der Waals surface area (Å²) in [6.45, 7) is 5.21. The molecule has 2 aromatic rings. The number of aryl methyl sites for hydroxylation is 1. The molecule has 0 bridgehead atoms. The molecule has 2 heterocycles. The van der Waals surface area contributed by atoms with E-state index < -0.39 is 5.54 Å². The number of benzene rings is 1. The van der Waals surface area contributed by atoms with Crippen molar-refractivity contribution in [2.45, 2.75) is 69.7 Å². The fraction of sp³-hybridized carbons (Fsp3) is 0.591. The molecule has 1 aliphatic carbocycles. The number of rotatable bonds is 4. The normalized spacial score (nSPS) is 21.8. The largest absolute Gasteiger partial charge is 0.381 e. The first kappa shape index (κ1) is 19.1. The van der Waals surface area contributed by atoms with Crippen molar-refractivity contribution < 1.29 is 14.1 Å². The lowest BCUT2D eigenvalue weighted by atomic mass is 9.86. The van der Waals surface area contributed by atoms with E-state index in [4.69, 9.17) is 9.26 Å². The topological polar surface area (TPSA) is 77.2 Å². The Balaban J connectivity index is 1.63. The van der Waals surface area contributed by atoms with Crippen LogP contribution in [0.25, 0.3) is 0 Å². The lowest BCUT2D eigenvalue weighted by Gasteiger charge is -2.36. The number of carbonyl (C=O) groups is 1. The molecule has 1 unspecified atom stereocenters. The Morgan fingerprint density at radius 1 is 1.21 bits per heavy atom. The summed E-state index contributed by atoms with van der Waals surface area (Å²) in [6.07, 6.45) is 5.39. The summed E-state index contributed by atoms with van der Waals surface area (Å²) in [6, 6.07) is 8.34. The van der Waals surface area contributed by atoms with Crippen LogP contribution in [-0.4, -0.2) is 29.3 Å². The predicted molar refractivity (Wildman–Crippen MR) is 105 cm³/mol. The monoisotopic (exact) mass is 383 g/mol. The third kappa shape index (κ3) is 3.70. The van der Waals surface area contributed by atoms with Crippen LogP contribution in [0, 0.1) is 0 Å². The number of ether oxygens (including phenoxy) is 1. The maximum atomic E-state index is 13.5. The van der Waals surface area contributed by atoms with Crippen LogP contribution < -0.4 is 5.32 Å². The van der Waals surface area contributed by atoms with E-state index in [-0.39, 0.29) is 17.7 Å². The molecule has 2 aliphatic rings. The van der Waals surface area contributed by atoms with Gasteiger partial charge in [-0.3, -0.25) is 4.79 Å². The average Bonchev–Trinajstić information content (AvgIpc) is 3.11. The maximum absolute atomic E-state index is 13.5. The van der Waals surface area contributed by atoms with Gasteiger partial charge in [0.05, 0.1) is 5.92 Å². The number of hydrogen-bond acceptors (Lipinski definition) is 5. The quantitative estimate of drug-likeness (QED) is 0.812. The number of nitrogens with one attached hydrogen (secondary N) is 1. The van der Waals surface area contributed by atoms with Crippen LogP contribution >= 0.6 is 0 Å². The van der Waals surface area contributed by atoms with Crippen molar-refractivity contribution in [3.63, 3.8) is 0 Å². The molecule has 1 aliphatic heterocycles. The molecule has 1 saturated heterocycles. The third-order valence-electron chi connectivity index (χ3n) is 6.01. The van der Waals surface area contributed by atoms with Crippen LogP contribution in [0.1, 0.15) is 80.6 Å². The second-order valence-corrected chi connectivity index (χ2v) is 8.29. The minimum absolute atomic E-state index is 0.0561. The molecular formula is C22H29N3O3. The Morgan fingerprint density at radius 3 is 2.75 bits per heavy atom. The van der Waals surface area contributed by atoms with Gasteiger partial charge in [-0.1, -0.05) is 49.7 Å². The fourth-order valence-electron chi connectivity index (χ4n) is 4.29. The van der Waals surface area contributed by atoms with E-state index >= 15 is 0 Å². The summed E-state index contributed by atoms with van der Waals surface area (Å²) < 4.78 is 11.2. The third-order valence-corrected chi connectivity index (χ3v) is 6.01. The maximum Gasteiger partial charge on any atom is 0.252 e. The summed E-state index contributed by atoms with van der Waals surface area (Å²) in [7, 11) is 0. The van der Waals surface area contributed by atoms with Gasteiger partial charge in [-0.2, -0.15) is 4.98 Å². The highest BCUT2D eigenvalue weighted by molar-refractivity contribution is 5.85. The van der Waals surface area contributed by atoms with Crippen LogP contribution in [0.2, 0.25) is 0 Å². The molecule has 1 amide bonds. The second-order valence-electron chi connectivity index (χ2n) is 8.29. The van der Waals surface area contributed by atoms with Gasteiger partial charge in [0.15, 0.2) is 5.82 Å². The summed E-state index contributed by atoms with van der Waals surface area (Å²) in [5.74, 6) is 1.29. The highest BCUT2D eigenvalue weighted by atomic mass is 16.5. The molecular weight excluding hydrogens is 354 g/mol. The van der Waals surface area contributed by atoms with Gasteiger partial charge in [0, 0.05) is 32.0 Å². The van der Waals surface area contributed by atoms with E-state index in [2.05, 4.69) is 33.7 Å². The first-order valence-electron chi connectivity index (χ1n) is 10.4. The van der Waals surface area contributed by atoms with Gasteiger partial charge in [0.25, 0.3) is 5.89 Å². The Labute approximate surface area is 166 Å². The average molecular weight is 383 g/mol. The van der Waals surface area contributed by atoms with Crippen molar-refractivity contribution >= 4 is 5.91 Å². The Kier molecular flexibility index (Phi) is 5.49. The lowest BCUT2D eigenvalue weighted by molar-refractivity contribution is -0.126. The van der Waals surface area contributed by atoms with Crippen molar-refractivity contribution in [1.29, 1.82) is 0 Å². The zero-order valence-corrected chi connectivity index (χ0v) is 16.7. The van der Waals surface area contributed by atoms with Gasteiger partial charge < -0.3 is 14.6 Å². The number of fused-ring (bicyclic) bond motifs is 1. The zero-order valence-electron chi connectivity index (χ0n) is 16.7. The summed E-state index contributed by atoms with van der Waals surface area (Å²) in [4.78, 5) is 18.1. The number of aromatic nitrogens is 2. The molecule has 6 nitrogen and oxygen atoms in total. The van der Waals surface area contributed by atoms with Crippen molar-refractivity contribution in [3.05, 3.63) is 47.1 Å². The Hall–Kier alpha value is -2.21. The van der Waals surface area contributed by atoms with Crippen LogP contribution in [0.5, 0.6) is 0 Å². The van der Waals surface area contributed by atoms with Crippen LogP contribution in [0.3, 0.4) is 0 Å². The van der Waals surface area contributed by atoms with Crippen LogP contribution in [0.4, 0.5) is 0 Å². The van der Waals surface area contributed by atoms with Gasteiger partial charge in [-0.25, -0.2) is 0 Å². The predicted octanol–water partition coefficient (Wildman–Crippen LogP) is 3.83. The highest BCUT2D eigenvalue weighted by Crippen LogP contribution is 2.35. The van der Waals surface area contributed by atoms with Crippen molar-refractivity contribution in [3.8, 4) is 0 Å². The number of hydrogen-bond donors (Lipinski definition) is 1. The second kappa shape index (κ2) is 8.03. The number of nitrogens with zero attached hydrogens (tertiary/aromatic N) is 2. The molecule has 0 saturated carbocycles. The van der Waals surface area contributed by atoms with E-state index in [1.54, 1.807) is 0 Å². The summed E-state index contributed by atoms with van der Waals surface area (Å²) >= 11 is 0. The molecule has 1 atom stereocenters. The zero-order chi connectivity index (χ0) is 19.6. The van der Waals surface area contributed by atoms with E-state index in [1.165, 1.54) is 5.56 Å².